The first-order valence-corrected chi connectivity index (χ1v) is 6.79. The van der Waals surface area contributed by atoms with E-state index in [4.69, 9.17) is 33.7 Å². The molecule has 1 aromatic carbocycles. The number of carbonyl (C=O) groups excluding carboxylic acids is 1. The van der Waals surface area contributed by atoms with Gasteiger partial charge < -0.3 is 15.8 Å². The number of nitrogens with two attached hydrogens (primary N) is 1. The molecule has 0 unspecified atom stereocenters. The van der Waals surface area contributed by atoms with E-state index < -0.39 is 5.91 Å². The third kappa shape index (κ3) is 3.56. The van der Waals surface area contributed by atoms with Gasteiger partial charge in [0.1, 0.15) is 0 Å². The molecule has 5 nitrogen and oxygen atoms in total. The molecule has 110 valence electrons. The second kappa shape index (κ2) is 6.65. The lowest BCUT2D eigenvalue weighted by Gasteiger charge is -2.10. The highest BCUT2D eigenvalue weighted by molar-refractivity contribution is 6.41. The molecule has 21 heavy (non-hydrogen) atoms. The van der Waals surface area contributed by atoms with Crippen LogP contribution in [-0.4, -0.2) is 18.0 Å². The maximum absolute atomic E-state index is 12.2. The van der Waals surface area contributed by atoms with Crippen LogP contribution in [-0.2, 0) is 6.54 Å². The molecule has 3 N–H and O–H groups in total. The number of nitrogens with zero attached hydrogens (tertiary/aromatic N) is 1. The van der Waals surface area contributed by atoms with Gasteiger partial charge in [0.15, 0.2) is 0 Å². The van der Waals surface area contributed by atoms with Gasteiger partial charge in [-0.15, -0.1) is 0 Å². The Morgan fingerprint density at radius 1 is 1.33 bits per heavy atom. The van der Waals surface area contributed by atoms with E-state index >= 15 is 0 Å². The van der Waals surface area contributed by atoms with Crippen molar-refractivity contribution in [1.82, 2.24) is 10.3 Å². The molecular formula is C14H13Cl2N3O2. The number of anilines is 1. The second-order valence-corrected chi connectivity index (χ2v) is 5.00. The Balaban J connectivity index is 2.10. The summed E-state index contributed by atoms with van der Waals surface area (Å²) in [5.74, 6) is 0.111. The first-order chi connectivity index (χ1) is 10.0. The SMILES string of the molecule is COc1ccc(CNC(=O)c2c(Cl)ccc(N)c2Cl)cn1. The Morgan fingerprint density at radius 2 is 2.10 bits per heavy atom. The van der Waals surface area contributed by atoms with Crippen molar-refractivity contribution in [2.24, 2.45) is 0 Å². The average Bonchev–Trinajstić information content (AvgIpc) is 2.50. The monoisotopic (exact) mass is 325 g/mol. The quantitative estimate of drug-likeness (QED) is 0.847. The number of benzene rings is 1. The number of aromatic nitrogens is 1. The van der Waals surface area contributed by atoms with E-state index in [9.17, 15) is 4.79 Å². The zero-order valence-electron chi connectivity index (χ0n) is 11.2. The minimum Gasteiger partial charge on any atom is -0.481 e. The molecule has 1 amide bonds. The van der Waals surface area contributed by atoms with Gasteiger partial charge in [-0.1, -0.05) is 29.3 Å². The summed E-state index contributed by atoms with van der Waals surface area (Å²) in [5, 5.41) is 3.11. The van der Waals surface area contributed by atoms with Gasteiger partial charge in [-0.3, -0.25) is 4.79 Å². The number of hydrogen-bond acceptors (Lipinski definition) is 4. The zero-order chi connectivity index (χ0) is 15.4. The van der Waals surface area contributed by atoms with Gasteiger partial charge in [0.25, 0.3) is 5.91 Å². The molecule has 1 aromatic heterocycles. The molecule has 2 rings (SSSR count). The highest BCUT2D eigenvalue weighted by atomic mass is 35.5. The lowest BCUT2D eigenvalue weighted by molar-refractivity contribution is 0.0951. The van der Waals surface area contributed by atoms with E-state index in [0.29, 0.717) is 11.6 Å². The van der Waals surface area contributed by atoms with Gasteiger partial charge in [0.2, 0.25) is 5.88 Å². The Labute approximate surface area is 132 Å². The number of nitrogens with one attached hydrogen (secondary N) is 1. The van der Waals surface area contributed by atoms with Crippen molar-refractivity contribution in [3.05, 3.63) is 51.6 Å². The minimum absolute atomic E-state index is 0.146. The molecule has 0 spiro atoms. The summed E-state index contributed by atoms with van der Waals surface area (Å²) in [5.41, 5.74) is 6.96. The fourth-order valence-corrected chi connectivity index (χ4v) is 2.23. The lowest BCUT2D eigenvalue weighted by Crippen LogP contribution is -2.23. The van der Waals surface area contributed by atoms with E-state index in [1.165, 1.54) is 13.2 Å². The van der Waals surface area contributed by atoms with Crippen LogP contribution in [0.25, 0.3) is 0 Å². The predicted octanol–water partition coefficient (Wildman–Crippen LogP) is 2.91. The zero-order valence-corrected chi connectivity index (χ0v) is 12.7. The first kappa shape index (κ1) is 15.4. The Bertz CT molecular complexity index is 660. The number of amides is 1. The normalized spacial score (nSPS) is 10.2. The molecule has 1 heterocycles. The predicted molar refractivity (Wildman–Crippen MR) is 82.8 cm³/mol. The summed E-state index contributed by atoms with van der Waals surface area (Å²) in [6.07, 6.45) is 1.61. The number of methoxy groups -OCH3 is 1. The van der Waals surface area contributed by atoms with Crippen LogP contribution < -0.4 is 15.8 Å². The van der Waals surface area contributed by atoms with Crippen LogP contribution in [0, 0.1) is 0 Å². The number of hydrogen-bond donors (Lipinski definition) is 2. The van der Waals surface area contributed by atoms with Gasteiger partial charge in [0, 0.05) is 18.8 Å². The van der Waals surface area contributed by atoms with Crippen LogP contribution in [0.3, 0.4) is 0 Å². The van der Waals surface area contributed by atoms with Crippen LogP contribution >= 0.6 is 23.2 Å². The fourth-order valence-electron chi connectivity index (χ4n) is 1.68. The topological polar surface area (TPSA) is 77.2 Å². The maximum atomic E-state index is 12.2. The number of rotatable bonds is 4. The summed E-state index contributed by atoms with van der Waals surface area (Å²) in [6.45, 7) is 0.289. The van der Waals surface area contributed by atoms with E-state index in [1.54, 1.807) is 24.4 Å². The summed E-state index contributed by atoms with van der Waals surface area (Å²) in [7, 11) is 1.54. The molecule has 0 bridgehead atoms. The molecule has 0 saturated carbocycles. The molecule has 0 aliphatic heterocycles. The molecular weight excluding hydrogens is 313 g/mol. The molecule has 0 atom stereocenters. The highest BCUT2D eigenvalue weighted by Gasteiger charge is 2.16. The molecule has 0 saturated heterocycles. The molecule has 0 aliphatic carbocycles. The van der Waals surface area contributed by atoms with Crippen molar-refractivity contribution in [3.8, 4) is 5.88 Å². The van der Waals surface area contributed by atoms with Crippen molar-refractivity contribution in [3.63, 3.8) is 0 Å². The standard InChI is InChI=1S/C14H13Cl2N3O2/c1-21-11-5-2-8(6-18-11)7-19-14(20)12-9(15)3-4-10(17)13(12)16/h2-6H,7,17H2,1H3,(H,19,20). The number of carbonyl (C=O) groups is 1. The van der Waals surface area contributed by atoms with Crippen LogP contribution in [0.1, 0.15) is 15.9 Å². The van der Waals surface area contributed by atoms with Crippen molar-refractivity contribution >= 4 is 34.8 Å². The van der Waals surface area contributed by atoms with Crippen LogP contribution in [0.4, 0.5) is 5.69 Å². The largest absolute Gasteiger partial charge is 0.481 e. The van der Waals surface area contributed by atoms with Gasteiger partial charge in [-0.05, 0) is 17.7 Å². The van der Waals surface area contributed by atoms with Crippen molar-refractivity contribution in [2.45, 2.75) is 6.54 Å². The number of pyridine rings is 1. The van der Waals surface area contributed by atoms with Crippen molar-refractivity contribution in [1.29, 1.82) is 0 Å². The Morgan fingerprint density at radius 3 is 2.71 bits per heavy atom. The first-order valence-electron chi connectivity index (χ1n) is 6.03. The van der Waals surface area contributed by atoms with Crippen molar-refractivity contribution in [2.75, 3.05) is 12.8 Å². The summed E-state index contributed by atoms with van der Waals surface area (Å²) < 4.78 is 4.96. The van der Waals surface area contributed by atoms with E-state index in [0.717, 1.165) is 5.56 Å². The fraction of sp³-hybridized carbons (Fsp3) is 0.143. The molecule has 2 aromatic rings. The minimum atomic E-state index is -0.395. The number of nitrogen functional groups attached to an aromatic ring is 1. The van der Waals surface area contributed by atoms with Gasteiger partial charge >= 0.3 is 0 Å². The number of halogens is 2. The molecule has 0 fully saturated rings. The Hall–Kier alpha value is -1.98. The lowest BCUT2D eigenvalue weighted by atomic mass is 10.1. The molecule has 0 radical (unpaired) electrons. The highest BCUT2D eigenvalue weighted by Crippen LogP contribution is 2.29. The van der Waals surface area contributed by atoms with Crippen LogP contribution in [0.5, 0.6) is 5.88 Å². The number of ether oxygens (including phenoxy) is 1. The van der Waals surface area contributed by atoms with Crippen LogP contribution in [0.15, 0.2) is 30.5 Å². The van der Waals surface area contributed by atoms with E-state index in [-0.39, 0.29) is 22.2 Å². The van der Waals surface area contributed by atoms with E-state index in [2.05, 4.69) is 10.3 Å². The van der Waals surface area contributed by atoms with Gasteiger partial charge in [-0.2, -0.15) is 0 Å². The Kier molecular flexibility index (Phi) is 4.88. The van der Waals surface area contributed by atoms with Crippen LogP contribution in [0.2, 0.25) is 10.0 Å². The summed E-state index contributed by atoms with van der Waals surface area (Å²) in [4.78, 5) is 16.2. The molecule has 7 heteroatoms. The van der Waals surface area contributed by atoms with E-state index in [1.807, 2.05) is 0 Å². The third-order valence-electron chi connectivity index (χ3n) is 2.81. The van der Waals surface area contributed by atoms with Gasteiger partial charge in [-0.25, -0.2) is 4.98 Å². The van der Waals surface area contributed by atoms with Crippen molar-refractivity contribution < 1.29 is 9.53 Å². The summed E-state index contributed by atoms with van der Waals surface area (Å²) in [6, 6.07) is 6.60. The molecule has 0 aliphatic rings. The summed E-state index contributed by atoms with van der Waals surface area (Å²) >= 11 is 12.0. The average molecular weight is 326 g/mol. The second-order valence-electron chi connectivity index (χ2n) is 4.22. The maximum Gasteiger partial charge on any atom is 0.254 e. The third-order valence-corrected chi connectivity index (χ3v) is 3.53. The van der Waals surface area contributed by atoms with Gasteiger partial charge in [0.05, 0.1) is 28.4 Å². The smallest absolute Gasteiger partial charge is 0.254 e.